The van der Waals surface area contributed by atoms with Crippen LogP contribution in [0.1, 0.15) is 29.7 Å². The molecule has 0 radical (unpaired) electrons. The minimum Gasteiger partial charge on any atom is -0.326 e. The Morgan fingerprint density at radius 1 is 1.20 bits per heavy atom. The van der Waals surface area contributed by atoms with Gasteiger partial charge in [-0.1, -0.05) is 42.0 Å². The normalized spacial score (nSPS) is 11.9. The second-order valence-electron chi connectivity index (χ2n) is 5.12. The van der Waals surface area contributed by atoms with Crippen molar-refractivity contribution in [1.82, 2.24) is 0 Å². The van der Waals surface area contributed by atoms with Crippen LogP contribution in [-0.2, 0) is 11.2 Å². The minimum absolute atomic E-state index is 0.0179. The average molecular weight is 268 g/mol. The molecule has 0 saturated carbocycles. The van der Waals surface area contributed by atoms with Crippen LogP contribution in [0.5, 0.6) is 0 Å². The highest BCUT2D eigenvalue weighted by Gasteiger charge is 2.06. The number of nitrogens with one attached hydrogen (secondary N) is 1. The fourth-order valence-corrected chi connectivity index (χ4v) is 2.00. The number of nitrogens with two attached hydrogens (primary N) is 1. The van der Waals surface area contributed by atoms with Gasteiger partial charge in [0.15, 0.2) is 0 Å². The Morgan fingerprint density at radius 2 is 1.90 bits per heavy atom. The van der Waals surface area contributed by atoms with E-state index in [0.29, 0.717) is 6.42 Å². The van der Waals surface area contributed by atoms with E-state index in [1.165, 1.54) is 5.56 Å². The number of amides is 1. The first-order valence-electron chi connectivity index (χ1n) is 6.75. The first-order valence-corrected chi connectivity index (χ1v) is 6.75. The van der Waals surface area contributed by atoms with Crippen molar-refractivity contribution in [2.45, 2.75) is 26.3 Å². The quantitative estimate of drug-likeness (QED) is 0.894. The molecular formula is C17H20N2O. The van der Waals surface area contributed by atoms with Crippen LogP contribution in [0.25, 0.3) is 0 Å². The number of anilines is 1. The molecule has 0 aliphatic carbocycles. The Morgan fingerprint density at radius 3 is 2.55 bits per heavy atom. The van der Waals surface area contributed by atoms with E-state index in [-0.39, 0.29) is 11.9 Å². The summed E-state index contributed by atoms with van der Waals surface area (Å²) >= 11 is 0. The van der Waals surface area contributed by atoms with Crippen molar-refractivity contribution in [2.24, 2.45) is 5.73 Å². The van der Waals surface area contributed by atoms with E-state index in [4.69, 9.17) is 5.73 Å². The van der Waals surface area contributed by atoms with E-state index in [1.54, 1.807) is 0 Å². The zero-order valence-electron chi connectivity index (χ0n) is 11.9. The lowest BCUT2D eigenvalue weighted by Gasteiger charge is -2.09. The first-order chi connectivity index (χ1) is 9.54. The van der Waals surface area contributed by atoms with Crippen molar-refractivity contribution in [3.05, 3.63) is 65.2 Å². The van der Waals surface area contributed by atoms with E-state index < -0.39 is 0 Å². The van der Waals surface area contributed by atoms with Gasteiger partial charge < -0.3 is 11.1 Å². The second kappa shape index (κ2) is 6.35. The van der Waals surface area contributed by atoms with Crippen molar-refractivity contribution in [3.63, 3.8) is 0 Å². The molecule has 0 aliphatic heterocycles. The highest BCUT2D eigenvalue weighted by atomic mass is 16.1. The third-order valence-corrected chi connectivity index (χ3v) is 3.18. The summed E-state index contributed by atoms with van der Waals surface area (Å²) < 4.78 is 0. The summed E-state index contributed by atoms with van der Waals surface area (Å²) in [5.74, 6) is -0.0179. The average Bonchev–Trinajstić information content (AvgIpc) is 2.41. The molecule has 0 aliphatic rings. The number of rotatable bonds is 4. The molecule has 2 aromatic carbocycles. The predicted molar refractivity (Wildman–Crippen MR) is 82.6 cm³/mol. The van der Waals surface area contributed by atoms with E-state index >= 15 is 0 Å². The van der Waals surface area contributed by atoms with Crippen LogP contribution >= 0.6 is 0 Å². The molecule has 3 nitrogen and oxygen atoms in total. The largest absolute Gasteiger partial charge is 0.326 e. The van der Waals surface area contributed by atoms with E-state index in [2.05, 4.69) is 5.32 Å². The molecule has 1 unspecified atom stereocenters. The molecule has 2 aromatic rings. The maximum absolute atomic E-state index is 12.0. The fraction of sp³-hybridized carbons (Fsp3) is 0.235. The molecule has 2 rings (SSSR count). The summed E-state index contributed by atoms with van der Waals surface area (Å²) in [5, 5.41) is 2.91. The van der Waals surface area contributed by atoms with Crippen molar-refractivity contribution >= 4 is 11.6 Å². The number of carbonyl (C=O) groups excluding carboxylic acids is 1. The number of aryl methyl sites for hydroxylation is 1. The van der Waals surface area contributed by atoms with Crippen LogP contribution in [0.2, 0.25) is 0 Å². The van der Waals surface area contributed by atoms with Gasteiger partial charge >= 0.3 is 0 Å². The topological polar surface area (TPSA) is 55.1 Å². The second-order valence-corrected chi connectivity index (χ2v) is 5.12. The fourth-order valence-electron chi connectivity index (χ4n) is 2.00. The Bertz CT molecular complexity index is 588. The lowest BCUT2D eigenvalue weighted by Crippen LogP contribution is -2.15. The zero-order valence-corrected chi connectivity index (χ0v) is 11.9. The Labute approximate surface area is 119 Å². The molecule has 0 saturated heterocycles. The molecule has 1 amide bonds. The van der Waals surface area contributed by atoms with E-state index in [9.17, 15) is 4.79 Å². The van der Waals surface area contributed by atoms with E-state index in [1.807, 2.05) is 62.4 Å². The van der Waals surface area contributed by atoms with Crippen LogP contribution in [0.15, 0.2) is 48.5 Å². The zero-order chi connectivity index (χ0) is 14.5. The predicted octanol–water partition coefficient (Wildman–Crippen LogP) is 3.20. The molecule has 20 heavy (non-hydrogen) atoms. The summed E-state index contributed by atoms with van der Waals surface area (Å²) in [5.41, 5.74) is 9.84. The van der Waals surface area contributed by atoms with Gasteiger partial charge in [0.05, 0.1) is 6.42 Å². The molecule has 1 atom stereocenters. The molecular weight excluding hydrogens is 248 g/mol. The standard InChI is InChI=1S/C17H20N2O/c1-12-6-8-14(9-7-12)10-17(20)19-16-5-3-4-15(11-16)13(2)18/h3-9,11,13H,10,18H2,1-2H3,(H,19,20). The number of hydrogen-bond acceptors (Lipinski definition) is 2. The third kappa shape index (κ3) is 3.93. The molecule has 0 aromatic heterocycles. The summed E-state index contributed by atoms with van der Waals surface area (Å²) in [4.78, 5) is 12.0. The molecule has 0 spiro atoms. The van der Waals surface area contributed by atoms with Gasteiger partial charge in [0.2, 0.25) is 5.91 Å². The molecule has 3 N–H and O–H groups in total. The van der Waals surface area contributed by atoms with Gasteiger partial charge in [0.1, 0.15) is 0 Å². The smallest absolute Gasteiger partial charge is 0.228 e. The highest BCUT2D eigenvalue weighted by molar-refractivity contribution is 5.92. The Hall–Kier alpha value is -2.13. The monoisotopic (exact) mass is 268 g/mol. The van der Waals surface area contributed by atoms with Crippen LogP contribution < -0.4 is 11.1 Å². The summed E-state index contributed by atoms with van der Waals surface area (Å²) in [6.07, 6.45) is 0.378. The van der Waals surface area contributed by atoms with Crippen LogP contribution in [0, 0.1) is 6.92 Å². The lowest BCUT2D eigenvalue weighted by molar-refractivity contribution is -0.115. The van der Waals surface area contributed by atoms with Crippen LogP contribution in [-0.4, -0.2) is 5.91 Å². The van der Waals surface area contributed by atoms with Crippen molar-refractivity contribution in [1.29, 1.82) is 0 Å². The maximum Gasteiger partial charge on any atom is 0.228 e. The van der Waals surface area contributed by atoms with E-state index in [0.717, 1.165) is 16.8 Å². The van der Waals surface area contributed by atoms with Gasteiger partial charge in [-0.15, -0.1) is 0 Å². The van der Waals surface area contributed by atoms with Gasteiger partial charge in [-0.3, -0.25) is 4.79 Å². The Balaban J connectivity index is 2.01. The van der Waals surface area contributed by atoms with Crippen LogP contribution in [0.3, 0.4) is 0 Å². The summed E-state index contributed by atoms with van der Waals surface area (Å²) in [7, 11) is 0. The number of hydrogen-bond donors (Lipinski definition) is 2. The van der Waals surface area contributed by atoms with Crippen molar-refractivity contribution in [2.75, 3.05) is 5.32 Å². The van der Waals surface area contributed by atoms with Gasteiger partial charge in [0, 0.05) is 11.7 Å². The molecule has 0 bridgehead atoms. The Kier molecular flexibility index (Phi) is 4.53. The number of carbonyl (C=O) groups is 1. The van der Waals surface area contributed by atoms with Gasteiger partial charge in [-0.2, -0.15) is 0 Å². The molecule has 104 valence electrons. The minimum atomic E-state index is -0.0380. The van der Waals surface area contributed by atoms with Crippen LogP contribution in [0.4, 0.5) is 5.69 Å². The van der Waals surface area contributed by atoms with Crippen molar-refractivity contribution < 1.29 is 4.79 Å². The van der Waals surface area contributed by atoms with Gasteiger partial charge in [-0.05, 0) is 37.1 Å². The molecule has 3 heteroatoms. The highest BCUT2D eigenvalue weighted by Crippen LogP contribution is 2.16. The maximum atomic E-state index is 12.0. The summed E-state index contributed by atoms with van der Waals surface area (Å²) in [6, 6.07) is 15.6. The summed E-state index contributed by atoms with van der Waals surface area (Å²) in [6.45, 7) is 3.95. The first kappa shape index (κ1) is 14.3. The molecule has 0 heterocycles. The SMILES string of the molecule is Cc1ccc(CC(=O)Nc2cccc(C(C)N)c2)cc1. The van der Waals surface area contributed by atoms with Gasteiger partial charge in [-0.25, -0.2) is 0 Å². The number of benzene rings is 2. The third-order valence-electron chi connectivity index (χ3n) is 3.18. The van der Waals surface area contributed by atoms with Gasteiger partial charge in [0.25, 0.3) is 0 Å². The molecule has 0 fully saturated rings. The van der Waals surface area contributed by atoms with Crippen molar-refractivity contribution in [3.8, 4) is 0 Å². The lowest BCUT2D eigenvalue weighted by atomic mass is 10.1.